The Kier molecular flexibility index (Phi) is 3.56. The number of amides is 1. The molecular formula is C14H24N4O. The molecule has 2 N–H and O–H groups in total. The van der Waals surface area contributed by atoms with Crippen LogP contribution >= 0.6 is 0 Å². The lowest BCUT2D eigenvalue weighted by Crippen LogP contribution is -2.42. The molecular weight excluding hydrogens is 240 g/mol. The van der Waals surface area contributed by atoms with Gasteiger partial charge in [0.15, 0.2) is 5.69 Å². The van der Waals surface area contributed by atoms with Gasteiger partial charge in [0.1, 0.15) is 5.82 Å². The number of likely N-dealkylation sites (tertiary alicyclic amines) is 1. The zero-order valence-electron chi connectivity index (χ0n) is 12.3. The molecule has 0 spiro atoms. The van der Waals surface area contributed by atoms with Crippen LogP contribution in [0.25, 0.3) is 0 Å². The molecule has 1 aliphatic heterocycles. The van der Waals surface area contributed by atoms with Gasteiger partial charge in [-0.25, -0.2) is 4.68 Å². The van der Waals surface area contributed by atoms with E-state index in [1.165, 1.54) is 6.42 Å². The summed E-state index contributed by atoms with van der Waals surface area (Å²) in [5.41, 5.74) is 6.21. The molecule has 106 valence electrons. The van der Waals surface area contributed by atoms with Crippen LogP contribution in [0.3, 0.4) is 0 Å². The number of nitrogen functional groups attached to an aromatic ring is 1. The third-order valence-corrected chi connectivity index (χ3v) is 3.66. The summed E-state index contributed by atoms with van der Waals surface area (Å²) in [7, 11) is 0. The number of hydrogen-bond acceptors (Lipinski definition) is 3. The molecule has 0 aromatic carbocycles. The number of piperidine rings is 1. The number of aromatic nitrogens is 2. The van der Waals surface area contributed by atoms with Gasteiger partial charge in [0.05, 0.1) is 5.54 Å². The Labute approximate surface area is 114 Å². The summed E-state index contributed by atoms with van der Waals surface area (Å²) in [6.07, 6.45) is 3.34. The molecule has 1 fully saturated rings. The molecule has 2 rings (SSSR count). The van der Waals surface area contributed by atoms with Gasteiger partial charge in [-0.1, -0.05) is 0 Å². The van der Waals surface area contributed by atoms with Crippen molar-refractivity contribution in [1.82, 2.24) is 14.7 Å². The zero-order chi connectivity index (χ0) is 14.2. The van der Waals surface area contributed by atoms with Crippen LogP contribution in [0.2, 0.25) is 0 Å². The minimum atomic E-state index is -0.212. The molecule has 19 heavy (non-hydrogen) atoms. The van der Waals surface area contributed by atoms with E-state index in [0.717, 1.165) is 19.4 Å². The Morgan fingerprint density at radius 1 is 1.42 bits per heavy atom. The third kappa shape index (κ3) is 2.74. The molecule has 1 unspecified atom stereocenters. The molecule has 2 heterocycles. The monoisotopic (exact) mass is 264 g/mol. The van der Waals surface area contributed by atoms with Crippen LogP contribution in [0, 0.1) is 0 Å². The van der Waals surface area contributed by atoms with E-state index < -0.39 is 0 Å². The molecule has 0 saturated carbocycles. The topological polar surface area (TPSA) is 64.2 Å². The van der Waals surface area contributed by atoms with E-state index in [9.17, 15) is 4.79 Å². The second-order valence-electron chi connectivity index (χ2n) is 6.38. The van der Waals surface area contributed by atoms with Gasteiger partial charge >= 0.3 is 0 Å². The summed E-state index contributed by atoms with van der Waals surface area (Å²) in [6, 6.07) is 1.98. The highest BCUT2D eigenvalue weighted by molar-refractivity contribution is 5.93. The van der Waals surface area contributed by atoms with E-state index in [2.05, 4.69) is 12.0 Å². The lowest BCUT2D eigenvalue weighted by Gasteiger charge is -2.32. The summed E-state index contributed by atoms with van der Waals surface area (Å²) in [5.74, 6) is 0.544. The maximum Gasteiger partial charge on any atom is 0.274 e. The highest BCUT2D eigenvalue weighted by Crippen LogP contribution is 2.22. The van der Waals surface area contributed by atoms with Crippen molar-refractivity contribution in [3.8, 4) is 0 Å². The number of carbonyl (C=O) groups excluding carboxylic acids is 1. The predicted molar refractivity (Wildman–Crippen MR) is 76.0 cm³/mol. The second kappa shape index (κ2) is 4.87. The van der Waals surface area contributed by atoms with Gasteiger partial charge in [0, 0.05) is 18.7 Å². The van der Waals surface area contributed by atoms with Crippen molar-refractivity contribution >= 4 is 11.7 Å². The first-order valence-corrected chi connectivity index (χ1v) is 6.97. The van der Waals surface area contributed by atoms with Crippen LogP contribution in [-0.4, -0.2) is 33.2 Å². The second-order valence-corrected chi connectivity index (χ2v) is 6.38. The lowest BCUT2D eigenvalue weighted by atomic mass is 10.0. The number of rotatable bonds is 1. The van der Waals surface area contributed by atoms with Crippen molar-refractivity contribution in [3.05, 3.63) is 11.8 Å². The van der Waals surface area contributed by atoms with Gasteiger partial charge in [0.2, 0.25) is 0 Å². The van der Waals surface area contributed by atoms with Crippen molar-refractivity contribution in [1.29, 1.82) is 0 Å². The first-order valence-electron chi connectivity index (χ1n) is 6.97. The maximum atomic E-state index is 12.5. The fourth-order valence-electron chi connectivity index (χ4n) is 2.58. The van der Waals surface area contributed by atoms with E-state index in [1.54, 1.807) is 10.7 Å². The standard InChI is InChI=1S/C14H24N4O/c1-10-7-5-6-8-17(10)13(19)11-9-12(15)18(16-11)14(2,3)4/h9-10H,5-8,15H2,1-4H3. The van der Waals surface area contributed by atoms with Gasteiger partial charge < -0.3 is 10.6 Å². The Balaban J connectivity index is 2.25. The van der Waals surface area contributed by atoms with Gasteiger partial charge in [0.25, 0.3) is 5.91 Å². The fraction of sp³-hybridized carbons (Fsp3) is 0.714. The molecule has 1 amide bonds. The van der Waals surface area contributed by atoms with E-state index in [-0.39, 0.29) is 11.4 Å². The van der Waals surface area contributed by atoms with Crippen molar-refractivity contribution in [2.45, 2.75) is 58.5 Å². The molecule has 0 aliphatic carbocycles. The quantitative estimate of drug-likeness (QED) is 0.846. The predicted octanol–water partition coefficient (Wildman–Crippen LogP) is 2.23. The molecule has 1 aliphatic rings. The Hall–Kier alpha value is -1.52. The summed E-state index contributed by atoms with van der Waals surface area (Å²) < 4.78 is 1.72. The molecule has 1 atom stereocenters. The van der Waals surface area contributed by atoms with Crippen molar-refractivity contribution in [3.63, 3.8) is 0 Å². The summed E-state index contributed by atoms with van der Waals surface area (Å²) >= 11 is 0. The largest absolute Gasteiger partial charge is 0.384 e. The van der Waals surface area contributed by atoms with E-state index in [4.69, 9.17) is 5.73 Å². The van der Waals surface area contributed by atoms with Gasteiger partial charge in [-0.05, 0) is 47.0 Å². The smallest absolute Gasteiger partial charge is 0.274 e. The van der Waals surface area contributed by atoms with Crippen LogP contribution in [-0.2, 0) is 5.54 Å². The highest BCUT2D eigenvalue weighted by Gasteiger charge is 2.28. The molecule has 1 aromatic heterocycles. The molecule has 1 aromatic rings. The van der Waals surface area contributed by atoms with Gasteiger partial charge in [-0.2, -0.15) is 5.10 Å². The van der Waals surface area contributed by atoms with Crippen LogP contribution in [0.5, 0.6) is 0 Å². The minimum absolute atomic E-state index is 0.00176. The average Bonchev–Trinajstić information content (AvgIpc) is 2.71. The van der Waals surface area contributed by atoms with Crippen LogP contribution < -0.4 is 5.73 Å². The van der Waals surface area contributed by atoms with Crippen molar-refractivity contribution < 1.29 is 4.79 Å². The lowest BCUT2D eigenvalue weighted by molar-refractivity contribution is 0.0628. The third-order valence-electron chi connectivity index (χ3n) is 3.66. The van der Waals surface area contributed by atoms with E-state index in [0.29, 0.717) is 17.6 Å². The normalized spacial score (nSPS) is 20.6. The first-order chi connectivity index (χ1) is 8.80. The molecule has 5 heteroatoms. The van der Waals surface area contributed by atoms with Crippen molar-refractivity contribution in [2.75, 3.05) is 12.3 Å². The van der Waals surface area contributed by atoms with Crippen LogP contribution in [0.4, 0.5) is 5.82 Å². The zero-order valence-corrected chi connectivity index (χ0v) is 12.3. The summed E-state index contributed by atoms with van der Waals surface area (Å²) in [4.78, 5) is 14.4. The summed E-state index contributed by atoms with van der Waals surface area (Å²) in [6.45, 7) is 8.99. The summed E-state index contributed by atoms with van der Waals surface area (Å²) in [5, 5.41) is 4.39. The molecule has 0 bridgehead atoms. The average molecular weight is 264 g/mol. The number of carbonyl (C=O) groups is 1. The fourth-order valence-corrected chi connectivity index (χ4v) is 2.58. The molecule has 5 nitrogen and oxygen atoms in total. The number of nitrogens with zero attached hydrogens (tertiary/aromatic N) is 3. The Morgan fingerprint density at radius 2 is 2.11 bits per heavy atom. The molecule has 1 saturated heterocycles. The first kappa shape index (κ1) is 13.9. The van der Waals surface area contributed by atoms with Gasteiger partial charge in [-0.3, -0.25) is 4.79 Å². The number of hydrogen-bond donors (Lipinski definition) is 1. The SMILES string of the molecule is CC1CCCCN1C(=O)c1cc(N)n(C(C)(C)C)n1. The number of nitrogens with two attached hydrogens (primary N) is 1. The number of anilines is 1. The van der Waals surface area contributed by atoms with E-state index in [1.807, 2.05) is 25.7 Å². The Bertz CT molecular complexity index is 472. The van der Waals surface area contributed by atoms with Gasteiger partial charge in [-0.15, -0.1) is 0 Å². The van der Waals surface area contributed by atoms with E-state index >= 15 is 0 Å². The van der Waals surface area contributed by atoms with Crippen molar-refractivity contribution in [2.24, 2.45) is 0 Å². The van der Waals surface area contributed by atoms with Crippen LogP contribution in [0.1, 0.15) is 57.4 Å². The molecule has 0 radical (unpaired) electrons. The minimum Gasteiger partial charge on any atom is -0.384 e. The maximum absolute atomic E-state index is 12.5. The Morgan fingerprint density at radius 3 is 2.63 bits per heavy atom. The highest BCUT2D eigenvalue weighted by atomic mass is 16.2. The van der Waals surface area contributed by atoms with Crippen LogP contribution in [0.15, 0.2) is 6.07 Å².